The molecule has 0 spiro atoms. The third-order valence-electron chi connectivity index (χ3n) is 6.42. The molecular formula is C31H17F2N. The highest BCUT2D eigenvalue weighted by Crippen LogP contribution is 2.41. The summed E-state index contributed by atoms with van der Waals surface area (Å²) in [4.78, 5) is 0. The fourth-order valence-electron chi connectivity index (χ4n) is 4.92. The lowest BCUT2D eigenvalue weighted by Gasteiger charge is -2.16. The van der Waals surface area contributed by atoms with E-state index in [1.807, 2.05) is 54.6 Å². The number of hydrogen-bond donors (Lipinski definition) is 0. The lowest BCUT2D eigenvalue weighted by atomic mass is 9.88. The Kier molecular flexibility index (Phi) is 4.60. The monoisotopic (exact) mass is 441 g/mol. The third-order valence-corrected chi connectivity index (χ3v) is 6.42. The van der Waals surface area contributed by atoms with Crippen LogP contribution in [0.3, 0.4) is 0 Å². The van der Waals surface area contributed by atoms with Gasteiger partial charge in [0.1, 0.15) is 11.6 Å². The molecule has 6 aromatic rings. The van der Waals surface area contributed by atoms with E-state index in [4.69, 9.17) is 5.26 Å². The zero-order valence-electron chi connectivity index (χ0n) is 18.0. The van der Waals surface area contributed by atoms with E-state index in [0.29, 0.717) is 5.56 Å². The summed E-state index contributed by atoms with van der Waals surface area (Å²) in [6, 6.07) is 34.1. The van der Waals surface area contributed by atoms with E-state index in [0.717, 1.165) is 50.2 Å². The summed E-state index contributed by atoms with van der Waals surface area (Å²) in [6.07, 6.45) is 0. The Morgan fingerprint density at radius 2 is 1.00 bits per heavy atom. The summed E-state index contributed by atoms with van der Waals surface area (Å²) in [5.41, 5.74) is 2.37. The van der Waals surface area contributed by atoms with Gasteiger partial charge in [0.05, 0.1) is 17.2 Å². The normalized spacial score (nSPS) is 11.2. The summed E-state index contributed by atoms with van der Waals surface area (Å²) >= 11 is 0. The van der Waals surface area contributed by atoms with Crippen LogP contribution in [-0.2, 0) is 0 Å². The second kappa shape index (κ2) is 7.79. The van der Waals surface area contributed by atoms with Gasteiger partial charge in [-0.15, -0.1) is 0 Å². The first-order valence-corrected chi connectivity index (χ1v) is 11.0. The molecule has 160 valence electrons. The average Bonchev–Trinajstić information content (AvgIpc) is 2.88. The van der Waals surface area contributed by atoms with E-state index in [-0.39, 0.29) is 11.1 Å². The summed E-state index contributed by atoms with van der Waals surface area (Å²) in [5, 5.41) is 15.3. The fraction of sp³-hybridized carbons (Fsp3) is 0. The molecule has 6 aromatic carbocycles. The molecule has 3 heteroatoms. The molecule has 0 unspecified atom stereocenters. The maximum atomic E-state index is 14.9. The topological polar surface area (TPSA) is 23.8 Å². The molecule has 0 saturated carbocycles. The van der Waals surface area contributed by atoms with Crippen molar-refractivity contribution in [3.8, 4) is 28.3 Å². The molecule has 0 atom stereocenters. The number of rotatable bonds is 2. The maximum Gasteiger partial charge on any atom is 0.135 e. The predicted molar refractivity (Wildman–Crippen MR) is 134 cm³/mol. The van der Waals surface area contributed by atoms with Crippen molar-refractivity contribution in [3.05, 3.63) is 120 Å². The summed E-state index contributed by atoms with van der Waals surface area (Å²) in [7, 11) is 0. The van der Waals surface area contributed by atoms with Crippen LogP contribution < -0.4 is 0 Å². The van der Waals surface area contributed by atoms with Crippen molar-refractivity contribution in [1.82, 2.24) is 0 Å². The third kappa shape index (κ3) is 3.04. The molecular weight excluding hydrogens is 424 g/mol. The minimum absolute atomic E-state index is 0.0395. The van der Waals surface area contributed by atoms with Crippen molar-refractivity contribution in [1.29, 1.82) is 5.26 Å². The molecule has 34 heavy (non-hydrogen) atoms. The standard InChI is InChI=1S/C31H17F2N/c32-29-15-19(18-34)16-30(33)31(29)27-14-13-26(23-10-4-5-11-24(23)27)28-17-20-7-1-2-8-21(20)22-9-3-6-12-25(22)28/h1-17H. The van der Waals surface area contributed by atoms with Gasteiger partial charge in [-0.1, -0.05) is 84.9 Å². The van der Waals surface area contributed by atoms with Crippen molar-refractivity contribution >= 4 is 32.3 Å². The second-order valence-corrected chi connectivity index (χ2v) is 8.32. The molecule has 0 bridgehead atoms. The van der Waals surface area contributed by atoms with Crippen molar-refractivity contribution in [2.45, 2.75) is 0 Å². The van der Waals surface area contributed by atoms with Crippen LogP contribution in [0.5, 0.6) is 0 Å². The van der Waals surface area contributed by atoms with Gasteiger partial charge in [-0.2, -0.15) is 5.26 Å². The van der Waals surface area contributed by atoms with E-state index in [2.05, 4.69) is 30.3 Å². The van der Waals surface area contributed by atoms with Gasteiger partial charge in [0.2, 0.25) is 0 Å². The molecule has 0 aliphatic carbocycles. The lowest BCUT2D eigenvalue weighted by Crippen LogP contribution is -1.94. The van der Waals surface area contributed by atoms with Gasteiger partial charge >= 0.3 is 0 Å². The maximum absolute atomic E-state index is 14.9. The van der Waals surface area contributed by atoms with Crippen LogP contribution in [0.1, 0.15) is 5.56 Å². The van der Waals surface area contributed by atoms with Crippen LogP contribution in [0.4, 0.5) is 8.78 Å². The Morgan fingerprint density at radius 3 is 1.65 bits per heavy atom. The fourth-order valence-corrected chi connectivity index (χ4v) is 4.92. The first-order valence-electron chi connectivity index (χ1n) is 11.0. The quantitative estimate of drug-likeness (QED) is 0.247. The minimum atomic E-state index is -0.745. The SMILES string of the molecule is N#Cc1cc(F)c(-c2ccc(-c3cc4ccccc4c4ccccc34)c3ccccc23)c(F)c1. The molecule has 6 rings (SSSR count). The van der Waals surface area contributed by atoms with Gasteiger partial charge in [0, 0.05) is 0 Å². The van der Waals surface area contributed by atoms with Crippen molar-refractivity contribution in [3.63, 3.8) is 0 Å². The van der Waals surface area contributed by atoms with Gasteiger partial charge in [-0.3, -0.25) is 0 Å². The van der Waals surface area contributed by atoms with Crippen LogP contribution in [0.2, 0.25) is 0 Å². The highest BCUT2D eigenvalue weighted by Gasteiger charge is 2.18. The van der Waals surface area contributed by atoms with E-state index in [1.54, 1.807) is 12.1 Å². The van der Waals surface area contributed by atoms with Gasteiger partial charge in [-0.25, -0.2) is 8.78 Å². The van der Waals surface area contributed by atoms with E-state index < -0.39 is 11.6 Å². The van der Waals surface area contributed by atoms with Gasteiger partial charge in [-0.05, 0) is 67.2 Å². The van der Waals surface area contributed by atoms with Crippen LogP contribution >= 0.6 is 0 Å². The largest absolute Gasteiger partial charge is 0.206 e. The second-order valence-electron chi connectivity index (χ2n) is 8.32. The highest BCUT2D eigenvalue weighted by atomic mass is 19.1. The van der Waals surface area contributed by atoms with E-state index in [9.17, 15) is 8.78 Å². The first-order chi connectivity index (χ1) is 16.7. The molecule has 0 amide bonds. The Balaban J connectivity index is 1.68. The Bertz CT molecular complexity index is 1770. The van der Waals surface area contributed by atoms with Crippen molar-refractivity contribution in [2.75, 3.05) is 0 Å². The number of hydrogen-bond acceptors (Lipinski definition) is 1. The predicted octanol–water partition coefficient (Wildman–Crippen LogP) is 8.63. The number of fused-ring (bicyclic) bond motifs is 4. The molecule has 0 aliphatic heterocycles. The van der Waals surface area contributed by atoms with E-state index in [1.165, 1.54) is 5.39 Å². The number of halogens is 2. The lowest BCUT2D eigenvalue weighted by molar-refractivity contribution is 0.589. The Morgan fingerprint density at radius 1 is 0.500 bits per heavy atom. The molecule has 0 heterocycles. The summed E-state index contributed by atoms with van der Waals surface area (Å²) < 4.78 is 29.9. The molecule has 0 N–H and O–H groups in total. The minimum Gasteiger partial charge on any atom is -0.206 e. The molecule has 0 aliphatic rings. The smallest absolute Gasteiger partial charge is 0.135 e. The van der Waals surface area contributed by atoms with Crippen LogP contribution in [0, 0.1) is 23.0 Å². The van der Waals surface area contributed by atoms with Gasteiger partial charge in [0.25, 0.3) is 0 Å². The number of nitrogens with zero attached hydrogens (tertiary/aromatic N) is 1. The molecule has 0 fully saturated rings. The van der Waals surface area contributed by atoms with Crippen molar-refractivity contribution < 1.29 is 8.78 Å². The van der Waals surface area contributed by atoms with Gasteiger partial charge < -0.3 is 0 Å². The Labute approximate surface area is 195 Å². The van der Waals surface area contributed by atoms with Crippen LogP contribution in [0.15, 0.2) is 103 Å². The van der Waals surface area contributed by atoms with Gasteiger partial charge in [0.15, 0.2) is 0 Å². The van der Waals surface area contributed by atoms with Crippen LogP contribution in [-0.4, -0.2) is 0 Å². The zero-order valence-corrected chi connectivity index (χ0v) is 18.0. The zero-order chi connectivity index (χ0) is 23.2. The molecule has 1 nitrogen and oxygen atoms in total. The summed E-state index contributed by atoms with van der Waals surface area (Å²) in [5.74, 6) is -1.49. The molecule has 0 aromatic heterocycles. The summed E-state index contributed by atoms with van der Waals surface area (Å²) in [6.45, 7) is 0. The highest BCUT2D eigenvalue weighted by molar-refractivity contribution is 6.17. The van der Waals surface area contributed by atoms with E-state index >= 15 is 0 Å². The average molecular weight is 441 g/mol. The van der Waals surface area contributed by atoms with Crippen molar-refractivity contribution in [2.24, 2.45) is 0 Å². The first kappa shape index (κ1) is 20.1. The Hall–Kier alpha value is -4.55. The molecule has 0 radical (unpaired) electrons. The number of nitriles is 1. The molecule has 0 saturated heterocycles. The van der Waals surface area contributed by atoms with Crippen LogP contribution in [0.25, 0.3) is 54.6 Å². The number of benzene rings is 6.